The summed E-state index contributed by atoms with van der Waals surface area (Å²) in [6, 6.07) is 12.4. The van der Waals surface area contributed by atoms with E-state index in [-0.39, 0.29) is 17.7 Å². The highest BCUT2D eigenvalue weighted by atomic mass is 16.1. The fourth-order valence-corrected chi connectivity index (χ4v) is 2.13. The minimum absolute atomic E-state index is 0.00215. The Morgan fingerprint density at radius 3 is 2.39 bits per heavy atom. The van der Waals surface area contributed by atoms with Crippen LogP contribution in [0.25, 0.3) is 0 Å². The van der Waals surface area contributed by atoms with Gasteiger partial charge >= 0.3 is 0 Å². The lowest BCUT2D eigenvalue weighted by Crippen LogP contribution is -2.30. The normalized spacial score (nSPS) is 10.4. The van der Waals surface area contributed by atoms with Gasteiger partial charge in [0.25, 0.3) is 5.91 Å². The average molecular weight is 311 g/mol. The maximum absolute atomic E-state index is 12.0. The molecule has 0 spiro atoms. The number of hydrogen-bond donors (Lipinski definition) is 3. The van der Waals surface area contributed by atoms with Crippen LogP contribution in [0, 0.1) is 0 Å². The molecule has 120 valence electrons. The van der Waals surface area contributed by atoms with E-state index in [0.717, 1.165) is 5.69 Å². The molecule has 1 amide bonds. The third-order valence-corrected chi connectivity index (χ3v) is 3.28. The van der Waals surface area contributed by atoms with Crippen LogP contribution in [-0.4, -0.2) is 17.7 Å². The summed E-state index contributed by atoms with van der Waals surface area (Å²) in [5, 5.41) is 5.99. The van der Waals surface area contributed by atoms with E-state index in [2.05, 4.69) is 10.6 Å². The standard InChI is InChI=1S/C18H21N3O2/c1-11(2)20-18(23)14-7-8-17(16(19)10-14)21-15-6-4-5-13(9-15)12(3)22/h4-11,21H,19H2,1-3H3,(H,20,23). The van der Waals surface area contributed by atoms with Crippen LogP contribution < -0.4 is 16.4 Å². The van der Waals surface area contributed by atoms with Crippen LogP contribution >= 0.6 is 0 Å². The van der Waals surface area contributed by atoms with Crippen molar-refractivity contribution in [2.75, 3.05) is 11.1 Å². The lowest BCUT2D eigenvalue weighted by molar-refractivity contribution is 0.0942. The summed E-state index contributed by atoms with van der Waals surface area (Å²) in [4.78, 5) is 23.4. The van der Waals surface area contributed by atoms with Crippen molar-refractivity contribution in [3.63, 3.8) is 0 Å². The first-order chi connectivity index (χ1) is 10.9. The highest BCUT2D eigenvalue weighted by Crippen LogP contribution is 2.25. The molecule has 2 rings (SSSR count). The predicted octanol–water partition coefficient (Wildman–Crippen LogP) is 3.35. The number of nitrogens with one attached hydrogen (secondary N) is 2. The van der Waals surface area contributed by atoms with Gasteiger partial charge in [0, 0.05) is 22.9 Å². The number of anilines is 3. The Morgan fingerprint density at radius 1 is 1.04 bits per heavy atom. The number of amides is 1. The van der Waals surface area contributed by atoms with Crippen LogP contribution in [0.2, 0.25) is 0 Å². The number of nitrogen functional groups attached to an aromatic ring is 1. The SMILES string of the molecule is CC(=O)c1cccc(Nc2ccc(C(=O)NC(C)C)cc2N)c1. The quantitative estimate of drug-likeness (QED) is 0.584. The Morgan fingerprint density at radius 2 is 1.78 bits per heavy atom. The number of nitrogens with two attached hydrogens (primary N) is 1. The molecule has 0 unspecified atom stereocenters. The fraction of sp³-hybridized carbons (Fsp3) is 0.222. The third kappa shape index (κ3) is 4.32. The molecule has 0 aliphatic carbocycles. The van der Waals surface area contributed by atoms with Crippen LogP contribution in [0.1, 0.15) is 41.5 Å². The van der Waals surface area contributed by atoms with Crippen LogP contribution in [0.4, 0.5) is 17.1 Å². The number of carbonyl (C=O) groups excluding carboxylic acids is 2. The van der Waals surface area contributed by atoms with Crippen LogP contribution in [0.15, 0.2) is 42.5 Å². The molecule has 23 heavy (non-hydrogen) atoms. The van der Waals surface area contributed by atoms with Gasteiger partial charge in [0.1, 0.15) is 0 Å². The minimum atomic E-state index is -0.156. The number of carbonyl (C=O) groups is 2. The largest absolute Gasteiger partial charge is 0.397 e. The molecular weight excluding hydrogens is 290 g/mol. The molecule has 4 N–H and O–H groups in total. The molecule has 0 saturated heterocycles. The van der Waals surface area contributed by atoms with E-state index in [4.69, 9.17) is 5.73 Å². The lowest BCUT2D eigenvalue weighted by atomic mass is 10.1. The maximum atomic E-state index is 12.0. The number of Topliss-reactive ketones (excluding diaryl/α,β-unsaturated/α-hetero) is 1. The van der Waals surface area contributed by atoms with Crippen LogP contribution in [0.5, 0.6) is 0 Å². The Bertz CT molecular complexity index is 739. The van der Waals surface area contributed by atoms with E-state index in [1.54, 1.807) is 36.4 Å². The van der Waals surface area contributed by atoms with Crippen molar-refractivity contribution in [3.05, 3.63) is 53.6 Å². The van der Waals surface area contributed by atoms with Crippen molar-refractivity contribution >= 4 is 28.8 Å². The van der Waals surface area contributed by atoms with E-state index in [1.165, 1.54) is 6.92 Å². The smallest absolute Gasteiger partial charge is 0.251 e. The maximum Gasteiger partial charge on any atom is 0.251 e. The van der Waals surface area contributed by atoms with Gasteiger partial charge in [0.05, 0.1) is 11.4 Å². The van der Waals surface area contributed by atoms with Crippen molar-refractivity contribution in [2.45, 2.75) is 26.8 Å². The van der Waals surface area contributed by atoms with E-state index in [1.807, 2.05) is 19.9 Å². The van der Waals surface area contributed by atoms with Gasteiger partial charge in [-0.1, -0.05) is 12.1 Å². The Balaban J connectivity index is 2.20. The van der Waals surface area contributed by atoms with Gasteiger partial charge in [-0.25, -0.2) is 0 Å². The monoisotopic (exact) mass is 311 g/mol. The first-order valence-corrected chi connectivity index (χ1v) is 7.45. The van der Waals surface area contributed by atoms with Gasteiger partial charge in [0.2, 0.25) is 0 Å². The molecule has 2 aromatic rings. The number of rotatable bonds is 5. The second-order valence-corrected chi connectivity index (χ2v) is 5.69. The van der Waals surface area contributed by atoms with E-state index < -0.39 is 0 Å². The molecule has 0 aliphatic heterocycles. The first kappa shape index (κ1) is 16.5. The van der Waals surface area contributed by atoms with Crippen molar-refractivity contribution in [3.8, 4) is 0 Å². The molecule has 0 heterocycles. The highest BCUT2D eigenvalue weighted by molar-refractivity contribution is 5.97. The van der Waals surface area contributed by atoms with E-state index in [9.17, 15) is 9.59 Å². The fourth-order valence-electron chi connectivity index (χ4n) is 2.13. The lowest BCUT2D eigenvalue weighted by Gasteiger charge is -2.13. The average Bonchev–Trinajstić information content (AvgIpc) is 2.49. The van der Waals surface area contributed by atoms with Crippen molar-refractivity contribution < 1.29 is 9.59 Å². The van der Waals surface area contributed by atoms with Gasteiger partial charge in [-0.05, 0) is 51.1 Å². The summed E-state index contributed by atoms with van der Waals surface area (Å²) in [6.45, 7) is 5.33. The number of benzene rings is 2. The third-order valence-electron chi connectivity index (χ3n) is 3.28. The molecule has 0 bridgehead atoms. The number of ketones is 1. The zero-order chi connectivity index (χ0) is 17.0. The number of hydrogen-bond acceptors (Lipinski definition) is 4. The molecule has 5 heteroatoms. The molecule has 0 radical (unpaired) electrons. The molecule has 0 atom stereocenters. The summed E-state index contributed by atoms with van der Waals surface area (Å²) >= 11 is 0. The first-order valence-electron chi connectivity index (χ1n) is 7.45. The minimum Gasteiger partial charge on any atom is -0.397 e. The Labute approximate surface area is 135 Å². The van der Waals surface area contributed by atoms with Crippen molar-refractivity contribution in [1.82, 2.24) is 5.32 Å². The second kappa shape index (κ2) is 6.96. The van der Waals surface area contributed by atoms with E-state index >= 15 is 0 Å². The summed E-state index contributed by atoms with van der Waals surface area (Å²) in [5.74, 6) is -0.154. The molecule has 0 saturated carbocycles. The molecular formula is C18H21N3O2. The van der Waals surface area contributed by atoms with Gasteiger partial charge in [0.15, 0.2) is 5.78 Å². The second-order valence-electron chi connectivity index (χ2n) is 5.69. The summed E-state index contributed by atoms with van der Waals surface area (Å²) in [5.41, 5.74) is 9.09. The Hall–Kier alpha value is -2.82. The summed E-state index contributed by atoms with van der Waals surface area (Å²) < 4.78 is 0. The van der Waals surface area contributed by atoms with Crippen LogP contribution in [0.3, 0.4) is 0 Å². The van der Waals surface area contributed by atoms with Gasteiger partial charge in [-0.2, -0.15) is 0 Å². The topological polar surface area (TPSA) is 84.2 Å². The summed E-state index contributed by atoms with van der Waals surface area (Å²) in [6.07, 6.45) is 0. The molecule has 5 nitrogen and oxygen atoms in total. The molecule has 0 aromatic heterocycles. The highest BCUT2D eigenvalue weighted by Gasteiger charge is 2.09. The van der Waals surface area contributed by atoms with Crippen molar-refractivity contribution in [1.29, 1.82) is 0 Å². The zero-order valence-corrected chi connectivity index (χ0v) is 13.5. The molecule has 0 aliphatic rings. The van der Waals surface area contributed by atoms with Gasteiger partial charge in [-0.15, -0.1) is 0 Å². The molecule has 2 aromatic carbocycles. The Kier molecular flexibility index (Phi) is 5.01. The van der Waals surface area contributed by atoms with Crippen LogP contribution in [-0.2, 0) is 0 Å². The van der Waals surface area contributed by atoms with Gasteiger partial charge < -0.3 is 16.4 Å². The van der Waals surface area contributed by atoms with E-state index in [0.29, 0.717) is 22.5 Å². The van der Waals surface area contributed by atoms with Gasteiger partial charge in [-0.3, -0.25) is 9.59 Å². The zero-order valence-electron chi connectivity index (χ0n) is 13.5. The molecule has 0 fully saturated rings. The predicted molar refractivity (Wildman–Crippen MR) is 93.2 cm³/mol. The summed E-state index contributed by atoms with van der Waals surface area (Å²) in [7, 11) is 0. The van der Waals surface area contributed by atoms with Crippen molar-refractivity contribution in [2.24, 2.45) is 0 Å².